The number of nitrogens with zero attached hydrogens (tertiary/aromatic N) is 2. The van der Waals surface area contributed by atoms with Crippen LogP contribution < -0.4 is 0 Å². The minimum absolute atomic E-state index is 0.245. The highest BCUT2D eigenvalue weighted by Crippen LogP contribution is 2.16. The van der Waals surface area contributed by atoms with Gasteiger partial charge in [-0.2, -0.15) is 5.10 Å². The van der Waals surface area contributed by atoms with Crippen LogP contribution in [0.2, 0.25) is 0 Å². The Hall–Kier alpha value is -0.980. The van der Waals surface area contributed by atoms with Gasteiger partial charge in [0.25, 0.3) is 0 Å². The lowest BCUT2D eigenvalue weighted by Crippen LogP contribution is -2.04. The Bertz CT molecular complexity index is 462. The fraction of sp³-hybridized carbons (Fsp3) is 0.100. The van der Waals surface area contributed by atoms with E-state index in [4.69, 9.17) is 0 Å². The lowest BCUT2D eigenvalue weighted by Gasteiger charge is -2.05. The zero-order valence-corrected chi connectivity index (χ0v) is 9.78. The van der Waals surface area contributed by atoms with Crippen LogP contribution in [0, 0.1) is 15.2 Å². The minimum atomic E-state index is -0.415. The number of benzene rings is 1. The van der Waals surface area contributed by atoms with E-state index < -0.39 is 5.82 Å². The molecule has 0 aliphatic heterocycles. The summed E-state index contributed by atoms with van der Waals surface area (Å²) >= 11 is 2.04. The first-order valence-electron chi connectivity index (χ1n) is 4.27. The minimum Gasteiger partial charge on any atom is -0.265 e. The lowest BCUT2D eigenvalue weighted by atomic mass is 10.2. The van der Waals surface area contributed by atoms with E-state index in [1.807, 2.05) is 22.6 Å². The smallest absolute Gasteiger partial charge is 0.161 e. The van der Waals surface area contributed by atoms with Crippen LogP contribution in [0.5, 0.6) is 0 Å². The van der Waals surface area contributed by atoms with Crippen molar-refractivity contribution in [1.82, 2.24) is 9.78 Å². The van der Waals surface area contributed by atoms with Crippen molar-refractivity contribution in [2.75, 3.05) is 0 Å². The second-order valence-corrected chi connectivity index (χ2v) is 4.22. The highest BCUT2D eigenvalue weighted by Gasteiger charge is 2.07. The molecule has 0 fully saturated rings. The molecule has 2 nitrogen and oxygen atoms in total. The van der Waals surface area contributed by atoms with Crippen molar-refractivity contribution in [2.45, 2.75) is 6.54 Å². The maximum absolute atomic E-state index is 13.4. The van der Waals surface area contributed by atoms with Gasteiger partial charge in [-0.05, 0) is 34.7 Å². The molecule has 1 aromatic heterocycles. The summed E-state index contributed by atoms with van der Waals surface area (Å²) in [5.41, 5.74) is 0.529. The standard InChI is InChI=1S/C10H7F2IN2/c11-7-4-14-15(5-7)6-8-9(12)2-1-3-10(8)13/h1-5H,6H2. The molecule has 0 spiro atoms. The molecule has 1 heterocycles. The molecule has 0 atom stereocenters. The molecule has 2 aromatic rings. The summed E-state index contributed by atoms with van der Waals surface area (Å²) in [5, 5.41) is 3.76. The number of rotatable bonds is 2. The summed E-state index contributed by atoms with van der Waals surface area (Å²) in [7, 11) is 0. The van der Waals surface area contributed by atoms with Crippen LogP contribution >= 0.6 is 22.6 Å². The van der Waals surface area contributed by atoms with Crippen molar-refractivity contribution in [3.05, 3.63) is 51.4 Å². The van der Waals surface area contributed by atoms with Gasteiger partial charge < -0.3 is 0 Å². The Balaban J connectivity index is 2.31. The Morgan fingerprint density at radius 3 is 2.73 bits per heavy atom. The van der Waals surface area contributed by atoms with Gasteiger partial charge in [-0.1, -0.05) is 6.07 Å². The van der Waals surface area contributed by atoms with Gasteiger partial charge in [0.15, 0.2) is 5.82 Å². The first kappa shape index (κ1) is 10.5. The number of hydrogen-bond donors (Lipinski definition) is 0. The van der Waals surface area contributed by atoms with Crippen LogP contribution in [-0.2, 0) is 6.54 Å². The first-order chi connectivity index (χ1) is 7.16. The van der Waals surface area contributed by atoms with Crippen LogP contribution in [-0.4, -0.2) is 9.78 Å². The van der Waals surface area contributed by atoms with E-state index in [0.717, 1.165) is 9.77 Å². The first-order valence-corrected chi connectivity index (χ1v) is 5.35. The molecule has 0 radical (unpaired) electrons. The van der Waals surface area contributed by atoms with Crippen LogP contribution in [0.4, 0.5) is 8.78 Å². The molecule has 0 aliphatic carbocycles. The van der Waals surface area contributed by atoms with E-state index in [-0.39, 0.29) is 12.4 Å². The summed E-state index contributed by atoms with van der Waals surface area (Å²) in [6.45, 7) is 0.245. The van der Waals surface area contributed by atoms with E-state index in [0.29, 0.717) is 5.56 Å². The Kier molecular flexibility index (Phi) is 2.99. The quantitative estimate of drug-likeness (QED) is 0.778. The summed E-state index contributed by atoms with van der Waals surface area (Å²) in [5.74, 6) is -0.709. The summed E-state index contributed by atoms with van der Waals surface area (Å²) in [4.78, 5) is 0. The maximum atomic E-state index is 13.4. The van der Waals surface area contributed by atoms with Crippen molar-refractivity contribution in [1.29, 1.82) is 0 Å². The van der Waals surface area contributed by atoms with Gasteiger partial charge in [0.05, 0.1) is 18.9 Å². The monoisotopic (exact) mass is 320 g/mol. The Morgan fingerprint density at radius 1 is 1.33 bits per heavy atom. The fourth-order valence-corrected chi connectivity index (χ4v) is 1.91. The molecule has 0 aliphatic rings. The highest BCUT2D eigenvalue weighted by molar-refractivity contribution is 14.1. The zero-order chi connectivity index (χ0) is 10.8. The van der Waals surface area contributed by atoms with Crippen molar-refractivity contribution in [3.8, 4) is 0 Å². The lowest BCUT2D eigenvalue weighted by molar-refractivity contribution is 0.579. The Morgan fingerprint density at radius 2 is 2.13 bits per heavy atom. The Labute approximate surface area is 99.1 Å². The van der Waals surface area contributed by atoms with Gasteiger partial charge in [0, 0.05) is 9.13 Å². The molecule has 0 saturated heterocycles. The van der Waals surface area contributed by atoms with E-state index in [2.05, 4.69) is 5.10 Å². The molecule has 1 aromatic carbocycles. The predicted octanol–water partition coefficient (Wildman–Crippen LogP) is 2.81. The molecule has 0 saturated carbocycles. The van der Waals surface area contributed by atoms with Crippen LogP contribution in [0.3, 0.4) is 0 Å². The van der Waals surface area contributed by atoms with Gasteiger partial charge in [-0.25, -0.2) is 8.78 Å². The molecule has 0 bridgehead atoms. The molecule has 0 N–H and O–H groups in total. The molecule has 0 amide bonds. The zero-order valence-electron chi connectivity index (χ0n) is 7.62. The van der Waals surface area contributed by atoms with E-state index in [1.54, 1.807) is 12.1 Å². The van der Waals surface area contributed by atoms with Gasteiger partial charge in [-0.15, -0.1) is 0 Å². The van der Waals surface area contributed by atoms with Crippen molar-refractivity contribution >= 4 is 22.6 Å². The van der Waals surface area contributed by atoms with Crippen molar-refractivity contribution < 1.29 is 8.78 Å². The third-order valence-corrected chi connectivity index (χ3v) is 2.99. The van der Waals surface area contributed by atoms with Crippen molar-refractivity contribution in [2.24, 2.45) is 0 Å². The number of halogens is 3. The second kappa shape index (κ2) is 4.26. The third-order valence-electron chi connectivity index (χ3n) is 1.98. The summed E-state index contributed by atoms with van der Waals surface area (Å²) < 4.78 is 28.2. The third kappa shape index (κ3) is 2.34. The predicted molar refractivity (Wildman–Crippen MR) is 60.4 cm³/mol. The average molecular weight is 320 g/mol. The van der Waals surface area contributed by atoms with E-state index in [1.165, 1.54) is 16.9 Å². The number of hydrogen-bond acceptors (Lipinski definition) is 1. The van der Waals surface area contributed by atoms with Gasteiger partial charge in [-0.3, -0.25) is 4.68 Å². The van der Waals surface area contributed by atoms with E-state index in [9.17, 15) is 8.78 Å². The fourth-order valence-electron chi connectivity index (χ4n) is 1.27. The van der Waals surface area contributed by atoms with Gasteiger partial charge >= 0.3 is 0 Å². The van der Waals surface area contributed by atoms with Gasteiger partial charge in [0.2, 0.25) is 0 Å². The molecule has 15 heavy (non-hydrogen) atoms. The molecule has 2 rings (SSSR count). The maximum Gasteiger partial charge on any atom is 0.161 e. The second-order valence-electron chi connectivity index (χ2n) is 3.06. The number of aromatic nitrogens is 2. The average Bonchev–Trinajstić information content (AvgIpc) is 2.58. The van der Waals surface area contributed by atoms with E-state index >= 15 is 0 Å². The van der Waals surface area contributed by atoms with Crippen LogP contribution in [0.25, 0.3) is 0 Å². The summed E-state index contributed by atoms with van der Waals surface area (Å²) in [6, 6.07) is 4.83. The summed E-state index contributed by atoms with van der Waals surface area (Å²) in [6.07, 6.45) is 2.34. The highest BCUT2D eigenvalue weighted by atomic mass is 127. The van der Waals surface area contributed by atoms with Crippen LogP contribution in [0.15, 0.2) is 30.6 Å². The van der Waals surface area contributed by atoms with Crippen molar-refractivity contribution in [3.63, 3.8) is 0 Å². The molecular formula is C10H7F2IN2. The molecular weight excluding hydrogens is 313 g/mol. The topological polar surface area (TPSA) is 17.8 Å². The SMILES string of the molecule is Fc1cnn(Cc2c(F)cccc2I)c1. The molecule has 5 heteroatoms. The van der Waals surface area contributed by atoms with Crippen LogP contribution in [0.1, 0.15) is 5.56 Å². The molecule has 78 valence electrons. The van der Waals surface area contributed by atoms with Gasteiger partial charge in [0.1, 0.15) is 5.82 Å². The normalized spacial score (nSPS) is 10.6. The molecule has 0 unspecified atom stereocenters. The largest absolute Gasteiger partial charge is 0.265 e.